The van der Waals surface area contributed by atoms with E-state index in [2.05, 4.69) is 10.6 Å². The maximum Gasteiger partial charge on any atom is 0.259 e. The Labute approximate surface area is 206 Å². The van der Waals surface area contributed by atoms with Crippen molar-refractivity contribution in [2.75, 3.05) is 10.6 Å². The van der Waals surface area contributed by atoms with Crippen molar-refractivity contribution in [3.8, 4) is 10.4 Å². The summed E-state index contributed by atoms with van der Waals surface area (Å²) in [7, 11) is 0. The first-order valence-electron chi connectivity index (χ1n) is 11.1. The Morgan fingerprint density at radius 1 is 0.743 bits per heavy atom. The van der Waals surface area contributed by atoms with Crippen molar-refractivity contribution >= 4 is 44.6 Å². The number of amides is 2. The van der Waals surface area contributed by atoms with Gasteiger partial charge in [0.15, 0.2) is 0 Å². The van der Waals surface area contributed by atoms with Gasteiger partial charge in [-0.05, 0) is 41.6 Å². The predicted octanol–water partition coefficient (Wildman–Crippen LogP) is 7.52. The molecule has 35 heavy (non-hydrogen) atoms. The van der Waals surface area contributed by atoms with Crippen LogP contribution in [0.4, 0.5) is 15.1 Å². The molecule has 0 aliphatic heterocycles. The lowest BCUT2D eigenvalue weighted by molar-refractivity contribution is 0.102. The summed E-state index contributed by atoms with van der Waals surface area (Å²) in [6.45, 7) is 1.86. The number of hydrogen-bond acceptors (Lipinski definition) is 3. The van der Waals surface area contributed by atoms with Gasteiger partial charge in [-0.25, -0.2) is 4.39 Å². The second-order valence-electron chi connectivity index (χ2n) is 8.04. The number of halogens is 1. The quantitative estimate of drug-likeness (QED) is 0.273. The molecule has 0 saturated carbocycles. The summed E-state index contributed by atoms with van der Waals surface area (Å²) < 4.78 is 14.3. The average Bonchev–Trinajstić information content (AvgIpc) is 3.20. The first kappa shape index (κ1) is 22.5. The summed E-state index contributed by atoms with van der Waals surface area (Å²) >= 11 is 1.30. The number of carbonyl (C=O) groups excluding carboxylic acids is 2. The van der Waals surface area contributed by atoms with Crippen molar-refractivity contribution in [2.24, 2.45) is 0 Å². The molecule has 0 radical (unpaired) electrons. The summed E-state index contributed by atoms with van der Waals surface area (Å²) in [6.07, 6.45) is 0. The van der Waals surface area contributed by atoms with Crippen molar-refractivity contribution in [1.82, 2.24) is 0 Å². The van der Waals surface area contributed by atoms with E-state index >= 15 is 0 Å². The van der Waals surface area contributed by atoms with Gasteiger partial charge in [0.05, 0.1) is 11.1 Å². The largest absolute Gasteiger partial charge is 0.321 e. The van der Waals surface area contributed by atoms with Crippen LogP contribution in [0.5, 0.6) is 0 Å². The Bertz CT molecular complexity index is 1550. The second kappa shape index (κ2) is 9.52. The van der Waals surface area contributed by atoms with Crippen LogP contribution in [0.25, 0.3) is 21.2 Å². The number of rotatable bonds is 5. The highest BCUT2D eigenvalue weighted by atomic mass is 32.1. The third-order valence-corrected chi connectivity index (χ3v) is 7.05. The maximum atomic E-state index is 14.3. The van der Waals surface area contributed by atoms with Crippen LogP contribution in [0.2, 0.25) is 0 Å². The third-order valence-electron chi connectivity index (χ3n) is 5.79. The highest BCUT2D eigenvalue weighted by Crippen LogP contribution is 2.40. The van der Waals surface area contributed by atoms with Gasteiger partial charge in [-0.1, -0.05) is 78.9 Å². The molecule has 0 saturated heterocycles. The van der Waals surface area contributed by atoms with Gasteiger partial charge in [0, 0.05) is 16.0 Å². The standard InChI is InChI=1S/C29H21FN2O2S/c1-18-25(28(34)31-24-17-9-13-19-10-5-6-14-21(19)24)29(35-26(18)20-11-3-2-4-12-20)32-27(33)22-15-7-8-16-23(22)30/h2-17H,1H3,(H,31,34)(H,32,33). The Morgan fingerprint density at radius 3 is 2.23 bits per heavy atom. The van der Waals surface area contributed by atoms with E-state index in [1.54, 1.807) is 6.07 Å². The van der Waals surface area contributed by atoms with Crippen LogP contribution in [0.3, 0.4) is 0 Å². The lowest BCUT2D eigenvalue weighted by Gasteiger charge is -2.11. The average molecular weight is 481 g/mol. The summed E-state index contributed by atoms with van der Waals surface area (Å²) in [5.74, 6) is -1.58. The van der Waals surface area contributed by atoms with Crippen molar-refractivity contribution in [2.45, 2.75) is 6.92 Å². The molecule has 2 N–H and O–H groups in total. The Hall–Kier alpha value is -4.29. The number of benzene rings is 4. The molecule has 0 spiro atoms. The van der Waals surface area contributed by atoms with Gasteiger partial charge < -0.3 is 10.6 Å². The molecule has 1 heterocycles. The van der Waals surface area contributed by atoms with E-state index in [-0.39, 0.29) is 11.5 Å². The SMILES string of the molecule is Cc1c(-c2ccccc2)sc(NC(=O)c2ccccc2F)c1C(=O)Nc1cccc2ccccc12. The van der Waals surface area contributed by atoms with Gasteiger partial charge in [-0.3, -0.25) is 9.59 Å². The van der Waals surface area contributed by atoms with Crippen LogP contribution in [-0.2, 0) is 0 Å². The zero-order valence-electron chi connectivity index (χ0n) is 18.8. The van der Waals surface area contributed by atoms with E-state index in [4.69, 9.17) is 0 Å². The van der Waals surface area contributed by atoms with Crippen molar-refractivity contribution in [1.29, 1.82) is 0 Å². The molecule has 5 rings (SSSR count). The molecule has 4 aromatic carbocycles. The van der Waals surface area contributed by atoms with E-state index in [0.29, 0.717) is 16.3 Å². The third kappa shape index (κ3) is 4.44. The van der Waals surface area contributed by atoms with E-state index in [0.717, 1.165) is 26.8 Å². The highest BCUT2D eigenvalue weighted by molar-refractivity contribution is 7.20. The molecule has 0 unspecified atom stereocenters. The van der Waals surface area contributed by atoms with E-state index in [9.17, 15) is 14.0 Å². The number of carbonyl (C=O) groups is 2. The van der Waals surface area contributed by atoms with E-state index < -0.39 is 11.7 Å². The Balaban J connectivity index is 1.57. The molecule has 6 heteroatoms. The maximum absolute atomic E-state index is 14.3. The van der Waals surface area contributed by atoms with Crippen molar-refractivity contribution < 1.29 is 14.0 Å². The lowest BCUT2D eigenvalue weighted by atomic mass is 10.1. The minimum absolute atomic E-state index is 0.0831. The number of hydrogen-bond donors (Lipinski definition) is 2. The molecule has 0 atom stereocenters. The molecule has 0 fully saturated rings. The smallest absolute Gasteiger partial charge is 0.259 e. The van der Waals surface area contributed by atoms with Crippen LogP contribution in [-0.4, -0.2) is 11.8 Å². The second-order valence-corrected chi connectivity index (χ2v) is 9.06. The Morgan fingerprint density at radius 2 is 1.43 bits per heavy atom. The summed E-state index contributed by atoms with van der Waals surface area (Å²) in [5, 5.41) is 8.08. The van der Waals surface area contributed by atoms with Crippen molar-refractivity contribution in [3.63, 3.8) is 0 Å². The van der Waals surface area contributed by atoms with Crippen LogP contribution >= 0.6 is 11.3 Å². The number of thiophene rings is 1. The minimum Gasteiger partial charge on any atom is -0.321 e. The van der Waals surface area contributed by atoms with Gasteiger partial charge in [0.25, 0.3) is 11.8 Å². The predicted molar refractivity (Wildman–Crippen MR) is 141 cm³/mol. The molecule has 172 valence electrons. The lowest BCUT2D eigenvalue weighted by Crippen LogP contribution is -2.18. The summed E-state index contributed by atoms with van der Waals surface area (Å²) in [4.78, 5) is 27.4. The minimum atomic E-state index is -0.622. The van der Waals surface area contributed by atoms with Crippen LogP contribution in [0.1, 0.15) is 26.3 Å². The van der Waals surface area contributed by atoms with Crippen LogP contribution in [0, 0.1) is 12.7 Å². The topological polar surface area (TPSA) is 58.2 Å². The van der Waals surface area contributed by atoms with Gasteiger partial charge >= 0.3 is 0 Å². The van der Waals surface area contributed by atoms with Crippen LogP contribution in [0.15, 0.2) is 97.1 Å². The fourth-order valence-corrected chi connectivity index (χ4v) is 5.28. The number of anilines is 2. The van der Waals surface area contributed by atoms with Gasteiger partial charge in [0.2, 0.25) is 0 Å². The molecule has 0 aliphatic rings. The molecule has 0 bridgehead atoms. The molecule has 4 nitrogen and oxygen atoms in total. The molecule has 2 amide bonds. The van der Waals surface area contributed by atoms with Gasteiger partial charge in [0.1, 0.15) is 10.8 Å². The number of fused-ring (bicyclic) bond motifs is 1. The summed E-state index contributed by atoms with van der Waals surface area (Å²) in [5.41, 5.74) is 2.61. The first-order valence-corrected chi connectivity index (χ1v) is 11.9. The first-order chi connectivity index (χ1) is 17.0. The van der Waals surface area contributed by atoms with E-state index in [1.807, 2.05) is 79.7 Å². The fraction of sp³-hybridized carbons (Fsp3) is 0.0345. The normalized spacial score (nSPS) is 10.8. The Kier molecular flexibility index (Phi) is 6.12. The van der Waals surface area contributed by atoms with Gasteiger partial charge in [-0.2, -0.15) is 0 Å². The monoisotopic (exact) mass is 480 g/mol. The number of nitrogens with one attached hydrogen (secondary N) is 2. The molecular formula is C29H21FN2O2S. The molecule has 1 aromatic heterocycles. The highest BCUT2D eigenvalue weighted by Gasteiger charge is 2.25. The van der Waals surface area contributed by atoms with Gasteiger partial charge in [-0.15, -0.1) is 11.3 Å². The zero-order valence-corrected chi connectivity index (χ0v) is 19.7. The fourth-order valence-electron chi connectivity index (χ4n) is 4.07. The molecule has 5 aromatic rings. The molecular weight excluding hydrogens is 459 g/mol. The molecule has 0 aliphatic carbocycles. The van der Waals surface area contributed by atoms with E-state index in [1.165, 1.54) is 29.5 Å². The van der Waals surface area contributed by atoms with Crippen LogP contribution < -0.4 is 10.6 Å². The summed E-state index contributed by atoms with van der Waals surface area (Å²) in [6, 6.07) is 28.9. The van der Waals surface area contributed by atoms with Crippen molar-refractivity contribution in [3.05, 3.63) is 120 Å². The zero-order chi connectivity index (χ0) is 24.4.